The Hall–Kier alpha value is -2.60. The summed E-state index contributed by atoms with van der Waals surface area (Å²) in [5.41, 5.74) is 1.60. The Kier molecular flexibility index (Phi) is 4.05. The molecule has 1 aromatic carbocycles. The van der Waals surface area contributed by atoms with Gasteiger partial charge in [-0.3, -0.25) is 9.59 Å². The molecule has 1 saturated heterocycles. The second kappa shape index (κ2) is 6.37. The highest BCUT2D eigenvalue weighted by atomic mass is 32.1. The number of furan rings is 1. The van der Waals surface area contributed by atoms with Crippen molar-refractivity contribution in [1.82, 2.24) is 9.80 Å². The van der Waals surface area contributed by atoms with Crippen LogP contribution in [0, 0.1) is 6.92 Å². The lowest BCUT2D eigenvalue weighted by molar-refractivity contribution is 0.0537. The SMILES string of the molecule is Cc1c(C(=O)N2CCN(C(=O)c3ccoc3)CC2)sc2ccccc12. The van der Waals surface area contributed by atoms with Crippen molar-refractivity contribution in [3.8, 4) is 0 Å². The van der Waals surface area contributed by atoms with Gasteiger partial charge in [0.15, 0.2) is 0 Å². The molecule has 5 nitrogen and oxygen atoms in total. The van der Waals surface area contributed by atoms with Crippen molar-refractivity contribution in [3.63, 3.8) is 0 Å². The average Bonchev–Trinajstić information content (AvgIpc) is 3.30. The molecule has 0 N–H and O–H groups in total. The lowest BCUT2D eigenvalue weighted by Crippen LogP contribution is -2.50. The van der Waals surface area contributed by atoms with Gasteiger partial charge in [-0.05, 0) is 30.0 Å². The van der Waals surface area contributed by atoms with Gasteiger partial charge in [-0.15, -0.1) is 11.3 Å². The maximum absolute atomic E-state index is 12.9. The second-order valence-electron chi connectivity index (χ2n) is 6.15. The Morgan fingerprint density at radius 1 is 1.00 bits per heavy atom. The van der Waals surface area contributed by atoms with Crippen molar-refractivity contribution in [2.24, 2.45) is 0 Å². The molecular weight excluding hydrogens is 336 g/mol. The number of carbonyl (C=O) groups is 2. The molecule has 0 radical (unpaired) electrons. The van der Waals surface area contributed by atoms with E-state index in [-0.39, 0.29) is 11.8 Å². The molecule has 4 rings (SSSR count). The number of nitrogens with zero attached hydrogens (tertiary/aromatic N) is 2. The standard InChI is InChI=1S/C19H18N2O3S/c1-13-15-4-2-3-5-16(15)25-17(13)19(23)21-9-7-20(8-10-21)18(22)14-6-11-24-12-14/h2-6,11-12H,7-10H2,1H3. The first-order valence-electron chi connectivity index (χ1n) is 8.24. The minimum absolute atomic E-state index is 0.0427. The van der Waals surface area contributed by atoms with Crippen LogP contribution < -0.4 is 0 Å². The molecule has 1 fully saturated rings. The van der Waals surface area contributed by atoms with E-state index in [2.05, 4.69) is 6.07 Å². The summed E-state index contributed by atoms with van der Waals surface area (Å²) >= 11 is 1.55. The zero-order chi connectivity index (χ0) is 17.4. The Morgan fingerprint density at radius 3 is 2.32 bits per heavy atom. The lowest BCUT2D eigenvalue weighted by Gasteiger charge is -2.34. The Bertz CT molecular complexity index is 921. The summed E-state index contributed by atoms with van der Waals surface area (Å²) in [5.74, 6) is 0.0213. The van der Waals surface area contributed by atoms with Crippen LogP contribution in [0.25, 0.3) is 10.1 Å². The highest BCUT2D eigenvalue weighted by Crippen LogP contribution is 2.31. The molecular formula is C19H18N2O3S. The van der Waals surface area contributed by atoms with E-state index in [4.69, 9.17) is 4.42 Å². The smallest absolute Gasteiger partial charge is 0.264 e. The molecule has 2 amide bonds. The molecule has 2 aromatic heterocycles. The van der Waals surface area contributed by atoms with E-state index in [9.17, 15) is 9.59 Å². The Balaban J connectivity index is 1.47. The van der Waals surface area contributed by atoms with Gasteiger partial charge in [-0.25, -0.2) is 0 Å². The molecule has 1 aliphatic rings. The molecule has 0 atom stereocenters. The average molecular weight is 354 g/mol. The number of thiophene rings is 1. The van der Waals surface area contributed by atoms with Crippen LogP contribution in [0.5, 0.6) is 0 Å². The van der Waals surface area contributed by atoms with Gasteiger partial charge in [0, 0.05) is 30.9 Å². The van der Waals surface area contributed by atoms with E-state index in [1.165, 1.54) is 12.5 Å². The predicted octanol–water partition coefficient (Wildman–Crippen LogP) is 3.40. The van der Waals surface area contributed by atoms with E-state index >= 15 is 0 Å². The molecule has 0 unspecified atom stereocenters. The van der Waals surface area contributed by atoms with E-state index in [0.717, 1.165) is 20.5 Å². The first kappa shape index (κ1) is 15.9. The zero-order valence-corrected chi connectivity index (χ0v) is 14.7. The van der Waals surface area contributed by atoms with Crippen molar-refractivity contribution in [1.29, 1.82) is 0 Å². The third kappa shape index (κ3) is 2.82. The van der Waals surface area contributed by atoms with Gasteiger partial charge in [-0.1, -0.05) is 18.2 Å². The number of fused-ring (bicyclic) bond motifs is 1. The number of hydrogen-bond acceptors (Lipinski definition) is 4. The molecule has 6 heteroatoms. The van der Waals surface area contributed by atoms with Gasteiger partial charge in [0.2, 0.25) is 0 Å². The Morgan fingerprint density at radius 2 is 1.68 bits per heavy atom. The van der Waals surface area contributed by atoms with Crippen LogP contribution >= 0.6 is 11.3 Å². The number of aryl methyl sites for hydroxylation is 1. The molecule has 3 aromatic rings. The number of piperazine rings is 1. The van der Waals surface area contributed by atoms with Gasteiger partial charge in [0.1, 0.15) is 6.26 Å². The van der Waals surface area contributed by atoms with E-state index in [1.54, 1.807) is 22.3 Å². The number of hydrogen-bond donors (Lipinski definition) is 0. The lowest BCUT2D eigenvalue weighted by atomic mass is 10.1. The second-order valence-corrected chi connectivity index (χ2v) is 7.20. The van der Waals surface area contributed by atoms with Gasteiger partial charge in [0.05, 0.1) is 16.7 Å². The molecule has 1 aliphatic heterocycles. The largest absolute Gasteiger partial charge is 0.472 e. The van der Waals surface area contributed by atoms with Crippen LogP contribution in [-0.4, -0.2) is 47.8 Å². The molecule has 0 bridgehead atoms. The van der Waals surface area contributed by atoms with Crippen molar-refractivity contribution in [2.45, 2.75) is 6.92 Å². The number of rotatable bonds is 2. The van der Waals surface area contributed by atoms with Gasteiger partial charge >= 0.3 is 0 Å². The van der Waals surface area contributed by atoms with Gasteiger partial charge in [0.25, 0.3) is 11.8 Å². The summed E-state index contributed by atoms with van der Waals surface area (Å²) in [4.78, 5) is 29.7. The van der Waals surface area contributed by atoms with Crippen molar-refractivity contribution in [2.75, 3.05) is 26.2 Å². The normalized spacial score (nSPS) is 14.9. The summed E-state index contributed by atoms with van der Waals surface area (Å²) in [6, 6.07) is 9.76. The summed E-state index contributed by atoms with van der Waals surface area (Å²) in [6.07, 6.45) is 2.96. The first-order chi connectivity index (χ1) is 12.1. The molecule has 128 valence electrons. The minimum atomic E-state index is -0.0427. The summed E-state index contributed by atoms with van der Waals surface area (Å²) in [6.45, 7) is 4.19. The first-order valence-corrected chi connectivity index (χ1v) is 9.05. The van der Waals surface area contributed by atoms with Crippen molar-refractivity contribution >= 4 is 33.2 Å². The fourth-order valence-electron chi connectivity index (χ4n) is 3.20. The van der Waals surface area contributed by atoms with E-state index in [1.807, 2.05) is 30.0 Å². The molecule has 0 saturated carbocycles. The highest BCUT2D eigenvalue weighted by molar-refractivity contribution is 7.21. The fourth-order valence-corrected chi connectivity index (χ4v) is 4.38. The van der Waals surface area contributed by atoms with E-state index < -0.39 is 0 Å². The number of carbonyl (C=O) groups excluding carboxylic acids is 2. The third-order valence-corrected chi connectivity index (χ3v) is 5.92. The van der Waals surface area contributed by atoms with Crippen LogP contribution in [0.15, 0.2) is 47.3 Å². The highest BCUT2D eigenvalue weighted by Gasteiger charge is 2.27. The predicted molar refractivity (Wildman–Crippen MR) is 97.1 cm³/mol. The third-order valence-electron chi connectivity index (χ3n) is 4.66. The summed E-state index contributed by atoms with van der Waals surface area (Å²) in [5, 5.41) is 1.14. The molecule has 0 aliphatic carbocycles. The Labute approximate surface area is 149 Å². The summed E-state index contributed by atoms with van der Waals surface area (Å²) < 4.78 is 6.11. The van der Waals surface area contributed by atoms with Crippen LogP contribution in [0.4, 0.5) is 0 Å². The van der Waals surface area contributed by atoms with Crippen LogP contribution in [0.3, 0.4) is 0 Å². The number of benzene rings is 1. The zero-order valence-electron chi connectivity index (χ0n) is 13.9. The van der Waals surface area contributed by atoms with Crippen LogP contribution in [0.1, 0.15) is 25.6 Å². The minimum Gasteiger partial charge on any atom is -0.472 e. The van der Waals surface area contributed by atoms with Crippen molar-refractivity contribution in [3.05, 3.63) is 58.9 Å². The van der Waals surface area contributed by atoms with Gasteiger partial charge < -0.3 is 14.2 Å². The maximum Gasteiger partial charge on any atom is 0.264 e. The molecule has 25 heavy (non-hydrogen) atoms. The molecule has 0 spiro atoms. The monoisotopic (exact) mass is 354 g/mol. The summed E-state index contributed by atoms with van der Waals surface area (Å²) in [7, 11) is 0. The van der Waals surface area contributed by atoms with Crippen LogP contribution in [0.2, 0.25) is 0 Å². The van der Waals surface area contributed by atoms with E-state index in [0.29, 0.717) is 31.7 Å². The maximum atomic E-state index is 12.9. The van der Waals surface area contributed by atoms with Crippen LogP contribution in [-0.2, 0) is 0 Å². The fraction of sp³-hybridized carbons (Fsp3) is 0.263. The van der Waals surface area contributed by atoms with Gasteiger partial charge in [-0.2, -0.15) is 0 Å². The molecule has 3 heterocycles. The number of amides is 2. The topological polar surface area (TPSA) is 53.8 Å². The van der Waals surface area contributed by atoms with Crippen molar-refractivity contribution < 1.29 is 14.0 Å². The quantitative estimate of drug-likeness (QED) is 0.709.